The predicted molar refractivity (Wildman–Crippen MR) is 95.3 cm³/mol. The van der Waals surface area contributed by atoms with Crippen LogP contribution in [0.1, 0.15) is 45.1 Å². The number of hydrogen-bond donors (Lipinski definition) is 1. The molecule has 4 heteroatoms. The third kappa shape index (κ3) is 5.92. The summed E-state index contributed by atoms with van der Waals surface area (Å²) in [6, 6.07) is 6.09. The van der Waals surface area contributed by atoms with Crippen molar-refractivity contribution in [2.24, 2.45) is 0 Å². The Bertz CT molecular complexity index is 440. The summed E-state index contributed by atoms with van der Waals surface area (Å²) in [6.45, 7) is 8.50. The molecular formula is C17H28N2OS. The van der Waals surface area contributed by atoms with Crippen molar-refractivity contribution >= 4 is 23.0 Å². The number of ether oxygens (including phenoxy) is 1. The zero-order valence-electron chi connectivity index (χ0n) is 13.7. The van der Waals surface area contributed by atoms with Crippen LogP contribution in [0.3, 0.4) is 0 Å². The monoisotopic (exact) mass is 308 g/mol. The Morgan fingerprint density at radius 2 is 1.81 bits per heavy atom. The highest BCUT2D eigenvalue weighted by molar-refractivity contribution is 7.80. The van der Waals surface area contributed by atoms with Crippen molar-refractivity contribution in [3.63, 3.8) is 0 Å². The molecule has 0 amide bonds. The fourth-order valence-corrected chi connectivity index (χ4v) is 2.42. The van der Waals surface area contributed by atoms with Crippen LogP contribution in [0.4, 0.5) is 5.69 Å². The van der Waals surface area contributed by atoms with E-state index in [1.165, 1.54) is 18.4 Å². The number of nitrogens with zero attached hydrogens (tertiary/aromatic N) is 1. The molecule has 0 fully saturated rings. The number of thiocarbonyl (C=S) groups is 1. The second-order valence-corrected chi connectivity index (χ2v) is 5.71. The highest BCUT2D eigenvalue weighted by Gasteiger charge is 2.11. The van der Waals surface area contributed by atoms with Gasteiger partial charge in [-0.15, -0.1) is 0 Å². The molecule has 0 saturated heterocycles. The smallest absolute Gasteiger partial charge is 0.173 e. The average molecular weight is 308 g/mol. The topological polar surface area (TPSA) is 24.5 Å². The van der Waals surface area contributed by atoms with E-state index in [0.717, 1.165) is 42.5 Å². The van der Waals surface area contributed by atoms with Crippen LogP contribution >= 0.6 is 12.2 Å². The molecule has 0 aliphatic carbocycles. The number of hydrogen-bond acceptors (Lipinski definition) is 2. The molecule has 0 aliphatic heterocycles. The number of benzene rings is 1. The molecule has 1 rings (SSSR count). The van der Waals surface area contributed by atoms with Gasteiger partial charge in [0.05, 0.1) is 12.8 Å². The van der Waals surface area contributed by atoms with Crippen molar-refractivity contribution in [2.45, 2.75) is 46.5 Å². The summed E-state index contributed by atoms with van der Waals surface area (Å²) in [5.41, 5.74) is 2.13. The van der Waals surface area contributed by atoms with E-state index in [9.17, 15) is 0 Å². The van der Waals surface area contributed by atoms with Crippen LogP contribution in [0.5, 0.6) is 5.75 Å². The normalized spacial score (nSPS) is 10.3. The first-order chi connectivity index (χ1) is 10.1. The van der Waals surface area contributed by atoms with Crippen LogP contribution in [0.25, 0.3) is 0 Å². The van der Waals surface area contributed by atoms with Gasteiger partial charge in [0.2, 0.25) is 0 Å². The second-order valence-electron chi connectivity index (χ2n) is 5.33. The molecule has 0 aromatic heterocycles. The van der Waals surface area contributed by atoms with Gasteiger partial charge in [-0.05, 0) is 49.7 Å². The van der Waals surface area contributed by atoms with E-state index in [-0.39, 0.29) is 0 Å². The minimum Gasteiger partial charge on any atom is -0.495 e. The lowest BCUT2D eigenvalue weighted by Crippen LogP contribution is -2.36. The van der Waals surface area contributed by atoms with Crippen molar-refractivity contribution < 1.29 is 4.74 Å². The van der Waals surface area contributed by atoms with E-state index in [4.69, 9.17) is 17.0 Å². The molecule has 0 radical (unpaired) electrons. The SMILES string of the molecule is CCCCN(CCCC)C(=S)Nc1cc(C)ccc1OC. The van der Waals surface area contributed by atoms with Crippen LogP contribution < -0.4 is 10.1 Å². The third-order valence-corrected chi connectivity index (χ3v) is 3.81. The molecule has 118 valence electrons. The Labute approximate surface area is 134 Å². The summed E-state index contributed by atoms with van der Waals surface area (Å²) in [5.74, 6) is 0.828. The molecule has 1 aromatic rings. The van der Waals surface area contributed by atoms with Crippen LogP contribution in [0, 0.1) is 6.92 Å². The first kappa shape index (κ1) is 17.8. The van der Waals surface area contributed by atoms with Crippen molar-refractivity contribution in [3.05, 3.63) is 23.8 Å². The number of rotatable bonds is 8. The van der Waals surface area contributed by atoms with Crippen molar-refractivity contribution in [1.82, 2.24) is 4.90 Å². The molecule has 1 N–H and O–H groups in total. The summed E-state index contributed by atoms with van der Waals surface area (Å²) < 4.78 is 5.40. The van der Waals surface area contributed by atoms with Crippen molar-refractivity contribution in [3.8, 4) is 5.75 Å². The van der Waals surface area contributed by atoms with Crippen LogP contribution in [0.2, 0.25) is 0 Å². The van der Waals surface area contributed by atoms with Gasteiger partial charge in [-0.25, -0.2) is 0 Å². The van der Waals surface area contributed by atoms with E-state index < -0.39 is 0 Å². The zero-order chi connectivity index (χ0) is 15.7. The van der Waals surface area contributed by atoms with Gasteiger partial charge in [-0.2, -0.15) is 0 Å². The van der Waals surface area contributed by atoms with Gasteiger partial charge in [0.15, 0.2) is 5.11 Å². The van der Waals surface area contributed by atoms with Gasteiger partial charge >= 0.3 is 0 Å². The van der Waals surface area contributed by atoms with Crippen molar-refractivity contribution in [2.75, 3.05) is 25.5 Å². The first-order valence-electron chi connectivity index (χ1n) is 7.82. The fraction of sp³-hybridized carbons (Fsp3) is 0.588. The van der Waals surface area contributed by atoms with Gasteiger partial charge in [-0.3, -0.25) is 0 Å². The molecular weight excluding hydrogens is 280 g/mol. The van der Waals surface area contributed by atoms with E-state index >= 15 is 0 Å². The molecule has 0 saturated carbocycles. The molecule has 0 heterocycles. The summed E-state index contributed by atoms with van der Waals surface area (Å²) in [4.78, 5) is 2.27. The second kappa shape index (κ2) is 9.61. The molecule has 0 unspecified atom stereocenters. The Balaban J connectivity index is 2.77. The maximum Gasteiger partial charge on any atom is 0.173 e. The van der Waals surface area contributed by atoms with E-state index in [0.29, 0.717) is 0 Å². The quantitative estimate of drug-likeness (QED) is 0.709. The summed E-state index contributed by atoms with van der Waals surface area (Å²) in [7, 11) is 1.69. The van der Waals surface area contributed by atoms with Gasteiger partial charge in [0.1, 0.15) is 5.75 Å². The number of methoxy groups -OCH3 is 1. The average Bonchev–Trinajstić information content (AvgIpc) is 2.47. The van der Waals surface area contributed by atoms with Crippen LogP contribution in [-0.4, -0.2) is 30.2 Å². The number of nitrogens with one attached hydrogen (secondary N) is 1. The lowest BCUT2D eigenvalue weighted by Gasteiger charge is -2.26. The van der Waals surface area contributed by atoms with Crippen molar-refractivity contribution in [1.29, 1.82) is 0 Å². The lowest BCUT2D eigenvalue weighted by atomic mass is 10.2. The molecule has 0 aliphatic rings. The predicted octanol–water partition coefficient (Wildman–Crippen LogP) is 4.60. The van der Waals surface area contributed by atoms with Crippen LogP contribution in [-0.2, 0) is 0 Å². The molecule has 0 spiro atoms. The summed E-state index contributed by atoms with van der Waals surface area (Å²) >= 11 is 5.59. The van der Waals surface area contributed by atoms with Crippen LogP contribution in [0.15, 0.2) is 18.2 Å². The Kier molecular flexibility index (Phi) is 8.13. The Morgan fingerprint density at radius 1 is 1.19 bits per heavy atom. The largest absolute Gasteiger partial charge is 0.495 e. The molecule has 1 aromatic carbocycles. The van der Waals surface area contributed by atoms with E-state index in [1.54, 1.807) is 7.11 Å². The highest BCUT2D eigenvalue weighted by atomic mass is 32.1. The Morgan fingerprint density at radius 3 is 2.33 bits per heavy atom. The molecule has 3 nitrogen and oxygen atoms in total. The lowest BCUT2D eigenvalue weighted by molar-refractivity contribution is 0.402. The third-order valence-electron chi connectivity index (χ3n) is 3.45. The minimum atomic E-state index is 0.792. The first-order valence-corrected chi connectivity index (χ1v) is 8.23. The van der Waals surface area contributed by atoms with Gasteiger partial charge < -0.3 is 15.0 Å². The number of anilines is 1. The van der Waals surface area contributed by atoms with E-state index in [2.05, 4.69) is 37.1 Å². The fourth-order valence-electron chi connectivity index (χ4n) is 2.13. The van der Waals surface area contributed by atoms with Gasteiger partial charge in [0.25, 0.3) is 0 Å². The molecule has 21 heavy (non-hydrogen) atoms. The highest BCUT2D eigenvalue weighted by Crippen LogP contribution is 2.25. The summed E-state index contributed by atoms with van der Waals surface area (Å²) in [6.07, 6.45) is 4.69. The maximum atomic E-state index is 5.59. The van der Waals surface area contributed by atoms with Gasteiger partial charge in [0, 0.05) is 13.1 Å². The Hall–Kier alpha value is -1.29. The number of aryl methyl sites for hydroxylation is 1. The number of unbranched alkanes of at least 4 members (excludes halogenated alkanes) is 2. The standard InChI is InChI=1S/C17H28N2OS/c1-5-7-11-19(12-8-6-2)17(21)18-15-13-14(3)9-10-16(15)20-4/h9-10,13H,5-8,11-12H2,1-4H3,(H,18,21). The maximum absolute atomic E-state index is 5.59. The molecule has 0 atom stereocenters. The molecule has 0 bridgehead atoms. The summed E-state index contributed by atoms with van der Waals surface area (Å²) in [5, 5.41) is 4.14. The van der Waals surface area contributed by atoms with Gasteiger partial charge in [-0.1, -0.05) is 32.8 Å². The zero-order valence-corrected chi connectivity index (χ0v) is 14.6. The van der Waals surface area contributed by atoms with E-state index in [1.807, 2.05) is 12.1 Å². The minimum absolute atomic E-state index is 0.792.